The lowest BCUT2D eigenvalue weighted by Crippen LogP contribution is -2.38. The number of carbonyl (C=O) groups is 2. The fraction of sp³-hybridized carbons (Fsp3) is 0.429. The maximum absolute atomic E-state index is 14.7. The van der Waals surface area contributed by atoms with Gasteiger partial charge in [-0.25, -0.2) is 4.39 Å². The van der Waals surface area contributed by atoms with Crippen LogP contribution in [-0.4, -0.2) is 79.2 Å². The number of ether oxygens (including phenoxy) is 3. The van der Waals surface area contributed by atoms with Crippen molar-refractivity contribution in [3.63, 3.8) is 0 Å². The number of nitrogens with zero attached hydrogens (tertiary/aromatic N) is 2. The molecule has 37 heavy (non-hydrogen) atoms. The number of ketones is 1. The summed E-state index contributed by atoms with van der Waals surface area (Å²) in [7, 11) is 1.53. The van der Waals surface area contributed by atoms with Gasteiger partial charge in [-0.05, 0) is 56.2 Å². The number of likely N-dealkylation sites (tertiary alicyclic amines) is 1. The van der Waals surface area contributed by atoms with E-state index >= 15 is 0 Å². The fourth-order valence-electron chi connectivity index (χ4n) is 4.71. The first-order valence-corrected chi connectivity index (χ1v) is 12.5. The second-order valence-corrected chi connectivity index (χ2v) is 9.39. The van der Waals surface area contributed by atoms with Crippen LogP contribution in [0.5, 0.6) is 11.5 Å². The number of methoxy groups -OCH3 is 1. The fourth-order valence-corrected chi connectivity index (χ4v) is 4.71. The summed E-state index contributed by atoms with van der Waals surface area (Å²) < 4.78 is 30.9. The Hall–Kier alpha value is -3.43. The molecular weight excluding hydrogens is 479 g/mol. The maximum Gasteiger partial charge on any atom is 0.295 e. The molecule has 2 fully saturated rings. The summed E-state index contributed by atoms with van der Waals surface area (Å²) in [4.78, 5) is 30.2. The van der Waals surface area contributed by atoms with Crippen molar-refractivity contribution < 1.29 is 33.3 Å². The molecular formula is C28H33FN2O6. The molecule has 0 bridgehead atoms. The predicted molar refractivity (Wildman–Crippen MR) is 136 cm³/mol. The summed E-state index contributed by atoms with van der Waals surface area (Å²) in [5.41, 5.74) is 0.626. The Morgan fingerprint density at radius 2 is 1.89 bits per heavy atom. The molecule has 0 saturated carbocycles. The molecule has 2 aromatic rings. The normalized spacial score (nSPS) is 20.0. The molecule has 0 aliphatic carbocycles. The topological polar surface area (TPSA) is 88.5 Å². The van der Waals surface area contributed by atoms with Crippen molar-refractivity contribution in [1.29, 1.82) is 0 Å². The molecule has 2 saturated heterocycles. The highest BCUT2D eigenvalue weighted by Gasteiger charge is 2.46. The van der Waals surface area contributed by atoms with Gasteiger partial charge in [-0.1, -0.05) is 12.1 Å². The highest BCUT2D eigenvalue weighted by Crippen LogP contribution is 2.40. The van der Waals surface area contributed by atoms with Crippen LogP contribution in [0.1, 0.15) is 37.4 Å². The summed E-state index contributed by atoms with van der Waals surface area (Å²) in [6.07, 6.45) is 0.411. The number of halogens is 1. The van der Waals surface area contributed by atoms with Gasteiger partial charge in [0.05, 0.1) is 38.0 Å². The monoisotopic (exact) mass is 512 g/mol. The van der Waals surface area contributed by atoms with Crippen LogP contribution in [-0.2, 0) is 14.3 Å². The molecule has 0 spiro atoms. The van der Waals surface area contributed by atoms with Crippen molar-refractivity contribution in [3.05, 3.63) is 65.0 Å². The lowest BCUT2D eigenvalue weighted by Gasteiger charge is -2.29. The number of carbonyl (C=O) groups excluding carboxylic acids is 2. The van der Waals surface area contributed by atoms with E-state index in [9.17, 15) is 19.1 Å². The highest BCUT2D eigenvalue weighted by atomic mass is 19.1. The van der Waals surface area contributed by atoms with Crippen LogP contribution in [0.25, 0.3) is 5.76 Å². The number of hydrogen-bond acceptors (Lipinski definition) is 7. The largest absolute Gasteiger partial charge is 0.507 e. The smallest absolute Gasteiger partial charge is 0.295 e. The molecule has 8 nitrogen and oxygen atoms in total. The Bertz CT molecular complexity index is 1180. The van der Waals surface area contributed by atoms with Gasteiger partial charge in [0.1, 0.15) is 11.5 Å². The van der Waals surface area contributed by atoms with Crippen LogP contribution in [0.15, 0.2) is 48.0 Å². The van der Waals surface area contributed by atoms with Crippen LogP contribution in [0.4, 0.5) is 4.39 Å². The molecule has 2 heterocycles. The minimum atomic E-state index is -0.838. The maximum atomic E-state index is 14.7. The van der Waals surface area contributed by atoms with Crippen LogP contribution >= 0.6 is 0 Å². The van der Waals surface area contributed by atoms with E-state index in [1.807, 2.05) is 0 Å². The zero-order chi connectivity index (χ0) is 26.5. The van der Waals surface area contributed by atoms with Crippen LogP contribution in [0.3, 0.4) is 0 Å². The van der Waals surface area contributed by atoms with Gasteiger partial charge in [0, 0.05) is 31.7 Å². The standard InChI is InChI=1S/C28H33FN2O6/c1-18(2)37-23-9-8-20(17-22(23)29)26(32)24-25(19-6-4-7-21(16-19)35-3)31(28(34)27(24)33)11-5-10-30-12-14-36-15-13-30/h4,6-9,16-18,25,32H,5,10-15H2,1-3H3/b26-24+/t25-/m1/s1. The zero-order valence-corrected chi connectivity index (χ0v) is 21.4. The van der Waals surface area contributed by atoms with Gasteiger partial charge in [-0.3, -0.25) is 14.5 Å². The van der Waals surface area contributed by atoms with E-state index in [1.54, 1.807) is 38.1 Å². The molecule has 2 aliphatic rings. The molecule has 0 aromatic heterocycles. The van der Waals surface area contributed by atoms with E-state index in [2.05, 4.69) is 4.90 Å². The Morgan fingerprint density at radius 1 is 1.14 bits per heavy atom. The molecule has 1 atom stereocenters. The molecule has 0 radical (unpaired) electrons. The van der Waals surface area contributed by atoms with Gasteiger partial charge in [0.25, 0.3) is 11.7 Å². The average Bonchev–Trinajstić information content (AvgIpc) is 3.15. The number of Topliss-reactive ketones (excluding diaryl/α,β-unsaturated/α-hetero) is 1. The van der Waals surface area contributed by atoms with Crippen molar-refractivity contribution in [1.82, 2.24) is 9.80 Å². The van der Waals surface area contributed by atoms with E-state index in [4.69, 9.17) is 14.2 Å². The summed E-state index contributed by atoms with van der Waals surface area (Å²) in [5.74, 6) is -2.01. The second kappa shape index (κ2) is 11.7. The SMILES string of the molecule is COc1cccc([C@@H]2/C(=C(\O)c3ccc(OC(C)C)c(F)c3)C(=O)C(=O)N2CCCN2CCOCC2)c1. The van der Waals surface area contributed by atoms with E-state index in [-0.39, 0.29) is 23.0 Å². The van der Waals surface area contributed by atoms with E-state index < -0.39 is 29.3 Å². The first-order chi connectivity index (χ1) is 17.8. The second-order valence-electron chi connectivity index (χ2n) is 9.39. The number of hydrogen-bond donors (Lipinski definition) is 1. The molecule has 9 heteroatoms. The van der Waals surface area contributed by atoms with E-state index in [0.29, 0.717) is 37.5 Å². The summed E-state index contributed by atoms with van der Waals surface area (Å²) in [6, 6.07) is 10.2. The number of benzene rings is 2. The van der Waals surface area contributed by atoms with Gasteiger partial charge in [-0.15, -0.1) is 0 Å². The Morgan fingerprint density at radius 3 is 2.57 bits per heavy atom. The van der Waals surface area contributed by atoms with Gasteiger partial charge < -0.3 is 24.2 Å². The summed E-state index contributed by atoms with van der Waals surface area (Å²) in [5, 5.41) is 11.2. The van der Waals surface area contributed by atoms with Crippen LogP contribution in [0, 0.1) is 5.82 Å². The lowest BCUT2D eigenvalue weighted by molar-refractivity contribution is -0.140. The van der Waals surface area contributed by atoms with Crippen molar-refractivity contribution in [3.8, 4) is 11.5 Å². The Balaban J connectivity index is 1.69. The molecule has 4 rings (SSSR count). The van der Waals surface area contributed by atoms with E-state index in [0.717, 1.165) is 25.7 Å². The molecule has 2 aliphatic heterocycles. The third-order valence-corrected chi connectivity index (χ3v) is 6.49. The van der Waals surface area contributed by atoms with Crippen LogP contribution < -0.4 is 9.47 Å². The number of morpholine rings is 1. The van der Waals surface area contributed by atoms with Crippen molar-refractivity contribution in [2.75, 3.05) is 46.5 Å². The molecule has 1 amide bonds. The first kappa shape index (κ1) is 26.6. The van der Waals surface area contributed by atoms with Crippen molar-refractivity contribution in [2.24, 2.45) is 0 Å². The number of amides is 1. The van der Waals surface area contributed by atoms with Gasteiger partial charge >= 0.3 is 0 Å². The number of rotatable bonds is 9. The van der Waals surface area contributed by atoms with E-state index in [1.165, 1.54) is 24.1 Å². The lowest BCUT2D eigenvalue weighted by atomic mass is 9.95. The quantitative estimate of drug-likeness (QED) is 0.311. The van der Waals surface area contributed by atoms with Crippen molar-refractivity contribution >= 4 is 17.4 Å². The Labute approximate surface area is 216 Å². The van der Waals surface area contributed by atoms with Gasteiger partial charge in [0.2, 0.25) is 0 Å². The number of aliphatic hydroxyl groups is 1. The Kier molecular flexibility index (Phi) is 8.45. The van der Waals surface area contributed by atoms with Crippen molar-refractivity contribution in [2.45, 2.75) is 32.4 Å². The average molecular weight is 513 g/mol. The molecule has 1 N–H and O–H groups in total. The predicted octanol–water partition coefficient (Wildman–Crippen LogP) is 3.77. The minimum absolute atomic E-state index is 0.0412. The zero-order valence-electron chi connectivity index (χ0n) is 21.4. The molecule has 0 unspecified atom stereocenters. The third-order valence-electron chi connectivity index (χ3n) is 6.49. The minimum Gasteiger partial charge on any atom is -0.507 e. The molecule has 198 valence electrons. The van der Waals surface area contributed by atoms with Crippen LogP contribution in [0.2, 0.25) is 0 Å². The van der Waals surface area contributed by atoms with Gasteiger partial charge in [0.15, 0.2) is 11.6 Å². The number of aliphatic hydroxyl groups excluding tert-OH is 1. The summed E-state index contributed by atoms with van der Waals surface area (Å²) >= 11 is 0. The molecule has 2 aromatic carbocycles. The van der Waals surface area contributed by atoms with Gasteiger partial charge in [-0.2, -0.15) is 0 Å². The highest BCUT2D eigenvalue weighted by molar-refractivity contribution is 6.46. The third kappa shape index (κ3) is 5.94. The summed E-state index contributed by atoms with van der Waals surface area (Å²) in [6.45, 7) is 7.61. The first-order valence-electron chi connectivity index (χ1n) is 12.5.